The molecule has 2 aromatic rings. The van der Waals surface area contributed by atoms with Crippen molar-refractivity contribution in [2.75, 3.05) is 44.2 Å². The van der Waals surface area contributed by atoms with Crippen molar-refractivity contribution in [2.45, 2.75) is 70.9 Å². The Morgan fingerprint density at radius 3 is 2.49 bits per heavy atom. The third-order valence-electron chi connectivity index (χ3n) is 7.66. The van der Waals surface area contributed by atoms with Crippen LogP contribution in [0.15, 0.2) is 18.2 Å². The summed E-state index contributed by atoms with van der Waals surface area (Å²) in [5, 5.41) is 0.248. The smallest absolute Gasteiger partial charge is 0.410 e. The highest BCUT2D eigenvalue weighted by molar-refractivity contribution is 6.32. The summed E-state index contributed by atoms with van der Waals surface area (Å²) < 4.78 is 40.6. The third kappa shape index (κ3) is 6.34. The number of fused-ring (bicyclic) bond motifs is 1. The van der Waals surface area contributed by atoms with Gasteiger partial charge in [-0.25, -0.2) is 14.8 Å². The van der Waals surface area contributed by atoms with E-state index in [-0.39, 0.29) is 48.2 Å². The summed E-state index contributed by atoms with van der Waals surface area (Å²) in [6.45, 7) is 9.71. The van der Waals surface area contributed by atoms with E-state index >= 15 is 0 Å². The van der Waals surface area contributed by atoms with Crippen LogP contribution in [-0.2, 0) is 21.9 Å². The van der Waals surface area contributed by atoms with Gasteiger partial charge in [-0.1, -0.05) is 11.6 Å². The van der Waals surface area contributed by atoms with Crippen LogP contribution in [0, 0.1) is 0 Å². The van der Waals surface area contributed by atoms with Crippen LogP contribution in [0.2, 0.25) is 5.02 Å². The number of carbonyl (C=O) groups excluding carboxylic acids is 2. The molecular formula is C29H36ClF2N5O4. The fraction of sp³-hybridized carbons (Fsp3) is 0.586. The van der Waals surface area contributed by atoms with Gasteiger partial charge in [0.05, 0.1) is 10.7 Å². The highest BCUT2D eigenvalue weighted by Gasteiger charge is 2.44. The van der Waals surface area contributed by atoms with Crippen molar-refractivity contribution >= 4 is 29.5 Å². The van der Waals surface area contributed by atoms with E-state index in [2.05, 4.69) is 9.97 Å². The predicted molar refractivity (Wildman–Crippen MR) is 151 cm³/mol. The molecule has 1 aromatic heterocycles. The number of alkyl halides is 2. The van der Waals surface area contributed by atoms with Crippen LogP contribution in [0.5, 0.6) is 5.75 Å². The van der Waals surface area contributed by atoms with Gasteiger partial charge in [0.15, 0.2) is 6.61 Å². The summed E-state index contributed by atoms with van der Waals surface area (Å²) in [6.07, 6.45) is 1.08. The van der Waals surface area contributed by atoms with Crippen molar-refractivity contribution in [3.63, 3.8) is 0 Å². The largest absolute Gasteiger partial charge is 0.482 e. The second-order valence-electron chi connectivity index (χ2n) is 11.9. The number of halogens is 3. The number of carbonyl (C=O) groups is 2. The number of anilines is 1. The molecule has 5 rings (SSSR count). The minimum absolute atomic E-state index is 0.180. The molecule has 2 amide bonds. The van der Waals surface area contributed by atoms with Gasteiger partial charge in [-0.2, -0.15) is 8.78 Å². The Bertz CT molecular complexity index is 1340. The van der Waals surface area contributed by atoms with E-state index in [9.17, 15) is 18.4 Å². The topological polar surface area (TPSA) is 88.1 Å². The van der Waals surface area contributed by atoms with Gasteiger partial charge in [0.1, 0.15) is 17.0 Å². The lowest BCUT2D eigenvalue weighted by atomic mass is 10.0. The van der Waals surface area contributed by atoms with Crippen LogP contribution in [0.1, 0.15) is 58.2 Å². The molecule has 0 saturated carbocycles. The number of benzene rings is 1. The molecule has 1 atom stereocenters. The molecule has 1 aliphatic carbocycles. The summed E-state index contributed by atoms with van der Waals surface area (Å²) in [5.41, 5.74) is 0.684. The lowest BCUT2D eigenvalue weighted by Crippen LogP contribution is -2.47. The predicted octanol–water partition coefficient (Wildman–Crippen LogP) is 5.28. The lowest BCUT2D eigenvalue weighted by molar-refractivity contribution is -0.133. The van der Waals surface area contributed by atoms with Crippen LogP contribution in [-0.4, -0.2) is 82.7 Å². The summed E-state index contributed by atoms with van der Waals surface area (Å²) >= 11 is 6.54. The maximum absolute atomic E-state index is 14.7. The zero-order valence-corrected chi connectivity index (χ0v) is 24.6. The molecule has 2 fully saturated rings. The van der Waals surface area contributed by atoms with Crippen LogP contribution < -0.4 is 9.64 Å². The van der Waals surface area contributed by atoms with E-state index in [0.29, 0.717) is 61.1 Å². The van der Waals surface area contributed by atoms with Crippen molar-refractivity contribution in [3.05, 3.63) is 34.5 Å². The molecule has 0 N–H and O–H groups in total. The Morgan fingerprint density at radius 2 is 1.83 bits per heavy atom. The van der Waals surface area contributed by atoms with Gasteiger partial charge in [-0.15, -0.1) is 0 Å². The zero-order valence-electron chi connectivity index (χ0n) is 23.9. The molecule has 0 spiro atoms. The fourth-order valence-corrected chi connectivity index (χ4v) is 5.50. The molecule has 222 valence electrons. The standard InChI is InChI=1S/C29H36ClF2N5O4/c1-18-9-13-37(18)26-33-24(20-8-10-29(31,32)25(20)34-26)19-6-7-22(21(30)16-19)40-17-23(38)35-11-5-12-36(15-14-35)27(39)41-28(2,3)4/h6-7,16,18H,5,8-15,17H2,1-4H3/t18-/m0/s1. The number of aromatic nitrogens is 2. The van der Waals surface area contributed by atoms with Crippen LogP contribution >= 0.6 is 11.6 Å². The molecule has 12 heteroatoms. The first-order valence-electron chi connectivity index (χ1n) is 14.1. The van der Waals surface area contributed by atoms with Crippen LogP contribution in [0.25, 0.3) is 11.3 Å². The molecule has 0 bridgehead atoms. The SMILES string of the molecule is C[C@H]1CCN1c1nc(-c2ccc(OCC(=O)N3CCCN(C(=O)OC(C)(C)C)CC3)c(Cl)c2)c2c(n1)C(F)(F)CC2. The quantitative estimate of drug-likeness (QED) is 0.467. The Labute approximate surface area is 243 Å². The Kier molecular flexibility index (Phi) is 8.02. The number of hydrogen-bond donors (Lipinski definition) is 0. The van der Waals surface area contributed by atoms with Gasteiger partial charge >= 0.3 is 6.09 Å². The van der Waals surface area contributed by atoms with E-state index in [1.54, 1.807) is 28.0 Å². The van der Waals surface area contributed by atoms with Crippen molar-refractivity contribution < 1.29 is 27.8 Å². The minimum atomic E-state index is -3.00. The highest BCUT2D eigenvalue weighted by Crippen LogP contribution is 2.45. The molecule has 2 saturated heterocycles. The first-order chi connectivity index (χ1) is 19.3. The van der Waals surface area contributed by atoms with Gasteiger partial charge in [-0.05, 0) is 65.2 Å². The maximum atomic E-state index is 14.7. The summed E-state index contributed by atoms with van der Waals surface area (Å²) in [6, 6.07) is 5.18. The number of ether oxygens (including phenoxy) is 2. The Balaban J connectivity index is 1.26. The van der Waals surface area contributed by atoms with Gasteiger partial charge < -0.3 is 24.2 Å². The first kappa shape index (κ1) is 29.3. The number of nitrogens with zero attached hydrogens (tertiary/aromatic N) is 5. The molecule has 0 unspecified atom stereocenters. The lowest BCUT2D eigenvalue weighted by Gasteiger charge is -2.39. The normalized spacial score (nSPS) is 20.3. The second-order valence-corrected chi connectivity index (χ2v) is 12.3. The van der Waals surface area contributed by atoms with Crippen molar-refractivity contribution in [2.24, 2.45) is 0 Å². The molecule has 2 aliphatic heterocycles. The molecule has 1 aromatic carbocycles. The number of hydrogen-bond acceptors (Lipinski definition) is 7. The summed E-state index contributed by atoms with van der Waals surface area (Å²) in [7, 11) is 0. The van der Waals surface area contributed by atoms with E-state index < -0.39 is 11.5 Å². The van der Waals surface area contributed by atoms with Crippen LogP contribution in [0.3, 0.4) is 0 Å². The molecule has 3 aliphatic rings. The summed E-state index contributed by atoms with van der Waals surface area (Å²) in [5.74, 6) is -2.61. The van der Waals surface area contributed by atoms with Gasteiger partial charge in [0.2, 0.25) is 5.95 Å². The monoisotopic (exact) mass is 591 g/mol. The second kappa shape index (κ2) is 11.2. The van der Waals surface area contributed by atoms with Crippen LogP contribution in [0.4, 0.5) is 19.5 Å². The third-order valence-corrected chi connectivity index (χ3v) is 7.96. The number of amides is 2. The van der Waals surface area contributed by atoms with E-state index in [4.69, 9.17) is 21.1 Å². The molecule has 9 nitrogen and oxygen atoms in total. The zero-order chi connectivity index (χ0) is 29.5. The molecular weight excluding hydrogens is 556 g/mol. The minimum Gasteiger partial charge on any atom is -0.482 e. The van der Waals surface area contributed by atoms with Gasteiger partial charge in [0.25, 0.3) is 11.8 Å². The molecule has 41 heavy (non-hydrogen) atoms. The molecule has 3 heterocycles. The van der Waals surface area contributed by atoms with E-state index in [1.807, 2.05) is 32.6 Å². The Hall–Kier alpha value is -3.21. The van der Waals surface area contributed by atoms with Crippen molar-refractivity contribution in [1.82, 2.24) is 19.8 Å². The highest BCUT2D eigenvalue weighted by atomic mass is 35.5. The number of rotatable bonds is 5. The average Bonchev–Trinajstić information content (AvgIpc) is 3.05. The van der Waals surface area contributed by atoms with Crippen molar-refractivity contribution in [3.8, 4) is 17.0 Å². The molecule has 0 radical (unpaired) electrons. The Morgan fingerprint density at radius 1 is 1.10 bits per heavy atom. The van der Waals surface area contributed by atoms with E-state index in [0.717, 1.165) is 13.0 Å². The average molecular weight is 592 g/mol. The summed E-state index contributed by atoms with van der Waals surface area (Å²) in [4.78, 5) is 39.5. The van der Waals surface area contributed by atoms with Crippen molar-refractivity contribution in [1.29, 1.82) is 0 Å². The fourth-order valence-electron chi connectivity index (χ4n) is 5.26. The first-order valence-corrected chi connectivity index (χ1v) is 14.4. The maximum Gasteiger partial charge on any atom is 0.410 e. The van der Waals surface area contributed by atoms with Gasteiger partial charge in [-0.3, -0.25) is 4.79 Å². The van der Waals surface area contributed by atoms with E-state index in [1.165, 1.54) is 0 Å². The van der Waals surface area contributed by atoms with Gasteiger partial charge in [0, 0.05) is 56.3 Å².